The number of hydrogen-bond donors (Lipinski definition) is 3. The van der Waals surface area contributed by atoms with Crippen LogP contribution in [0.25, 0.3) is 0 Å². The Balaban J connectivity index is 1.81. The molecule has 2 rings (SSSR count). The van der Waals surface area contributed by atoms with Crippen molar-refractivity contribution in [1.82, 2.24) is 15.4 Å². The molecule has 0 aliphatic heterocycles. The molecule has 0 saturated carbocycles. The van der Waals surface area contributed by atoms with Crippen LogP contribution < -0.4 is 15.4 Å². The van der Waals surface area contributed by atoms with E-state index in [1.165, 1.54) is 25.5 Å². The van der Waals surface area contributed by atoms with Crippen LogP contribution in [-0.4, -0.2) is 39.4 Å². The predicted molar refractivity (Wildman–Crippen MR) is 99.8 cm³/mol. The number of hydrogen-bond acceptors (Lipinski definition) is 5. The van der Waals surface area contributed by atoms with Crippen molar-refractivity contribution in [3.8, 4) is 0 Å². The third kappa shape index (κ3) is 5.66. The molecule has 0 radical (unpaired) electrons. The van der Waals surface area contributed by atoms with Crippen LogP contribution in [0.15, 0.2) is 46.1 Å². The van der Waals surface area contributed by atoms with Crippen LogP contribution in [0.2, 0.25) is 0 Å². The topological polar surface area (TPSA) is 118 Å². The van der Waals surface area contributed by atoms with E-state index < -0.39 is 27.9 Å². The summed E-state index contributed by atoms with van der Waals surface area (Å²) >= 11 is 0. The summed E-state index contributed by atoms with van der Waals surface area (Å²) in [6.45, 7) is 5.20. The van der Waals surface area contributed by atoms with Crippen molar-refractivity contribution in [3.63, 3.8) is 0 Å². The number of carbonyl (C=O) groups is 2. The van der Waals surface area contributed by atoms with Gasteiger partial charge in [-0.15, -0.1) is 0 Å². The van der Waals surface area contributed by atoms with Crippen LogP contribution in [0, 0.1) is 13.8 Å². The highest BCUT2D eigenvalue weighted by Gasteiger charge is 2.18. The highest BCUT2D eigenvalue weighted by Crippen LogP contribution is 2.16. The highest BCUT2D eigenvalue weighted by atomic mass is 32.2. The molecule has 1 heterocycles. The third-order valence-electron chi connectivity index (χ3n) is 3.87. The van der Waals surface area contributed by atoms with Gasteiger partial charge in [-0.2, -0.15) is 0 Å². The SMILES string of the molecule is Cc1ccc(C)c(S(=O)(=O)NCCNC(=O)C(C)NC(=O)c2ccoc2)c1. The standard InChI is InChI=1S/C18H23N3O5S/c1-12-4-5-13(2)16(10-12)27(24,25)20-8-7-19-17(22)14(3)21-18(23)15-6-9-26-11-15/h4-6,9-11,14,20H,7-8H2,1-3H3,(H,19,22)(H,21,23). The number of sulfonamides is 1. The van der Waals surface area contributed by atoms with Gasteiger partial charge in [0, 0.05) is 13.1 Å². The van der Waals surface area contributed by atoms with Gasteiger partial charge in [-0.3, -0.25) is 9.59 Å². The van der Waals surface area contributed by atoms with Crippen LogP contribution >= 0.6 is 0 Å². The highest BCUT2D eigenvalue weighted by molar-refractivity contribution is 7.89. The van der Waals surface area contributed by atoms with Gasteiger partial charge in [-0.25, -0.2) is 13.1 Å². The fourth-order valence-electron chi connectivity index (χ4n) is 2.34. The van der Waals surface area contributed by atoms with E-state index in [1.54, 1.807) is 19.1 Å². The van der Waals surface area contributed by atoms with Gasteiger partial charge in [0.2, 0.25) is 15.9 Å². The number of aryl methyl sites for hydroxylation is 2. The Kier molecular flexibility index (Phi) is 6.75. The Bertz CT molecular complexity index is 907. The number of rotatable bonds is 8. The molecule has 0 saturated heterocycles. The molecule has 1 atom stereocenters. The molecule has 1 unspecified atom stereocenters. The molecular formula is C18H23N3O5S. The first kappa shape index (κ1) is 20.7. The third-order valence-corrected chi connectivity index (χ3v) is 5.48. The summed E-state index contributed by atoms with van der Waals surface area (Å²) in [4.78, 5) is 24.1. The van der Waals surface area contributed by atoms with Gasteiger partial charge in [0.05, 0.1) is 16.7 Å². The maximum Gasteiger partial charge on any atom is 0.255 e. The minimum absolute atomic E-state index is 0.0316. The second kappa shape index (κ2) is 8.83. The van der Waals surface area contributed by atoms with E-state index in [0.29, 0.717) is 11.1 Å². The number of benzene rings is 1. The average molecular weight is 393 g/mol. The summed E-state index contributed by atoms with van der Waals surface area (Å²) in [6, 6.07) is 5.90. The van der Waals surface area contributed by atoms with E-state index in [4.69, 9.17) is 4.42 Å². The van der Waals surface area contributed by atoms with Crippen LogP contribution in [-0.2, 0) is 14.8 Å². The van der Waals surface area contributed by atoms with Crippen molar-refractivity contribution >= 4 is 21.8 Å². The van der Waals surface area contributed by atoms with Gasteiger partial charge < -0.3 is 15.1 Å². The molecule has 9 heteroatoms. The summed E-state index contributed by atoms with van der Waals surface area (Å²) in [7, 11) is -3.66. The Morgan fingerprint density at radius 2 is 1.89 bits per heavy atom. The Morgan fingerprint density at radius 1 is 1.15 bits per heavy atom. The number of nitrogens with one attached hydrogen (secondary N) is 3. The van der Waals surface area contributed by atoms with Gasteiger partial charge in [-0.05, 0) is 44.0 Å². The lowest BCUT2D eigenvalue weighted by Gasteiger charge is -2.14. The zero-order valence-electron chi connectivity index (χ0n) is 15.4. The Hall–Kier alpha value is -2.65. The molecular weight excluding hydrogens is 370 g/mol. The molecule has 0 fully saturated rings. The molecule has 1 aromatic heterocycles. The first-order chi connectivity index (χ1) is 12.7. The fraction of sp³-hybridized carbons (Fsp3) is 0.333. The molecule has 8 nitrogen and oxygen atoms in total. The molecule has 27 heavy (non-hydrogen) atoms. The Morgan fingerprint density at radius 3 is 2.56 bits per heavy atom. The van der Waals surface area contributed by atoms with Crippen LogP contribution in [0.1, 0.15) is 28.4 Å². The Labute approximate surface area is 158 Å². The van der Waals surface area contributed by atoms with Crippen molar-refractivity contribution in [2.75, 3.05) is 13.1 Å². The monoisotopic (exact) mass is 393 g/mol. The fourth-order valence-corrected chi connectivity index (χ4v) is 3.70. The summed E-state index contributed by atoms with van der Waals surface area (Å²) in [5, 5.41) is 5.11. The maximum absolute atomic E-state index is 12.4. The van der Waals surface area contributed by atoms with Gasteiger partial charge >= 0.3 is 0 Å². The minimum Gasteiger partial charge on any atom is -0.472 e. The summed E-state index contributed by atoms with van der Waals surface area (Å²) in [5.41, 5.74) is 1.81. The zero-order valence-corrected chi connectivity index (χ0v) is 16.2. The predicted octanol–water partition coefficient (Wildman–Crippen LogP) is 1.11. The van der Waals surface area contributed by atoms with Gasteiger partial charge in [0.15, 0.2) is 0 Å². The van der Waals surface area contributed by atoms with E-state index in [-0.39, 0.29) is 18.0 Å². The molecule has 2 amide bonds. The van der Waals surface area contributed by atoms with E-state index in [2.05, 4.69) is 15.4 Å². The lowest BCUT2D eigenvalue weighted by molar-refractivity contribution is -0.122. The van der Waals surface area contributed by atoms with Crippen molar-refractivity contribution < 1.29 is 22.4 Å². The molecule has 3 N–H and O–H groups in total. The van der Waals surface area contributed by atoms with Crippen molar-refractivity contribution in [3.05, 3.63) is 53.5 Å². The number of amides is 2. The summed E-state index contributed by atoms with van der Waals surface area (Å²) < 4.78 is 32.0. The first-order valence-corrected chi connectivity index (χ1v) is 9.86. The van der Waals surface area contributed by atoms with E-state index in [1.807, 2.05) is 13.0 Å². The average Bonchev–Trinajstić information content (AvgIpc) is 3.15. The summed E-state index contributed by atoms with van der Waals surface area (Å²) in [6.07, 6.45) is 2.64. The lowest BCUT2D eigenvalue weighted by atomic mass is 10.2. The minimum atomic E-state index is -3.66. The van der Waals surface area contributed by atoms with Gasteiger partial charge in [-0.1, -0.05) is 12.1 Å². The van der Waals surface area contributed by atoms with Gasteiger partial charge in [0.25, 0.3) is 5.91 Å². The zero-order chi connectivity index (χ0) is 20.0. The van der Waals surface area contributed by atoms with Crippen molar-refractivity contribution in [2.24, 2.45) is 0 Å². The van der Waals surface area contributed by atoms with E-state index >= 15 is 0 Å². The molecule has 0 bridgehead atoms. The lowest BCUT2D eigenvalue weighted by Crippen LogP contribution is -2.46. The molecule has 0 aliphatic carbocycles. The van der Waals surface area contributed by atoms with E-state index in [9.17, 15) is 18.0 Å². The maximum atomic E-state index is 12.4. The quantitative estimate of drug-likeness (QED) is 0.581. The molecule has 0 spiro atoms. The smallest absolute Gasteiger partial charge is 0.255 e. The van der Waals surface area contributed by atoms with Crippen LogP contribution in [0.3, 0.4) is 0 Å². The van der Waals surface area contributed by atoms with Crippen molar-refractivity contribution in [1.29, 1.82) is 0 Å². The summed E-state index contributed by atoms with van der Waals surface area (Å²) in [5.74, 6) is -0.847. The molecule has 1 aromatic carbocycles. The normalized spacial score (nSPS) is 12.4. The van der Waals surface area contributed by atoms with Crippen LogP contribution in [0.5, 0.6) is 0 Å². The number of carbonyl (C=O) groups excluding carboxylic acids is 2. The largest absolute Gasteiger partial charge is 0.472 e. The van der Waals surface area contributed by atoms with Crippen molar-refractivity contribution in [2.45, 2.75) is 31.7 Å². The molecule has 146 valence electrons. The molecule has 2 aromatic rings. The van der Waals surface area contributed by atoms with E-state index in [0.717, 1.165) is 5.56 Å². The number of furan rings is 1. The molecule has 0 aliphatic rings. The second-order valence-corrected chi connectivity index (χ2v) is 7.90. The van der Waals surface area contributed by atoms with Gasteiger partial charge in [0.1, 0.15) is 12.3 Å². The second-order valence-electron chi connectivity index (χ2n) is 6.16. The first-order valence-electron chi connectivity index (χ1n) is 8.38. The van der Waals surface area contributed by atoms with Crippen LogP contribution in [0.4, 0.5) is 0 Å².